The van der Waals surface area contributed by atoms with Crippen LogP contribution in [0.1, 0.15) is 5.56 Å². The summed E-state index contributed by atoms with van der Waals surface area (Å²) in [5.41, 5.74) is 0.826. The number of amides is 1. The third-order valence-corrected chi connectivity index (χ3v) is 3.20. The van der Waals surface area contributed by atoms with Gasteiger partial charge in [-0.1, -0.05) is 18.2 Å². The second-order valence-electron chi connectivity index (χ2n) is 4.98. The van der Waals surface area contributed by atoms with Crippen molar-refractivity contribution in [3.63, 3.8) is 0 Å². The first-order valence-corrected chi connectivity index (χ1v) is 7.47. The van der Waals surface area contributed by atoms with Gasteiger partial charge in [0, 0.05) is 19.2 Å². The molecule has 0 aliphatic carbocycles. The van der Waals surface area contributed by atoms with Crippen molar-refractivity contribution in [3.05, 3.63) is 64.2 Å². The van der Waals surface area contributed by atoms with Crippen molar-refractivity contribution in [2.75, 3.05) is 25.0 Å². The van der Waals surface area contributed by atoms with Gasteiger partial charge in [0.05, 0.1) is 16.6 Å². The fourth-order valence-electron chi connectivity index (χ4n) is 2.04. The summed E-state index contributed by atoms with van der Waals surface area (Å²) in [5.74, 6) is 0.110. The molecular formula is C17H16N4O4. The Morgan fingerprint density at radius 1 is 1.20 bits per heavy atom. The number of anilines is 1. The second kappa shape index (κ2) is 8.88. The van der Waals surface area contributed by atoms with Crippen LogP contribution in [0.4, 0.5) is 11.4 Å². The van der Waals surface area contributed by atoms with Crippen molar-refractivity contribution in [3.8, 4) is 11.8 Å². The number of ether oxygens (including phenoxy) is 1. The average molecular weight is 340 g/mol. The van der Waals surface area contributed by atoms with Crippen LogP contribution < -0.4 is 15.4 Å². The Hall–Kier alpha value is -3.60. The van der Waals surface area contributed by atoms with E-state index in [4.69, 9.17) is 10.00 Å². The highest BCUT2D eigenvalue weighted by molar-refractivity contribution is 5.77. The van der Waals surface area contributed by atoms with E-state index < -0.39 is 4.92 Å². The molecule has 2 rings (SSSR count). The zero-order valence-corrected chi connectivity index (χ0v) is 13.3. The van der Waals surface area contributed by atoms with E-state index in [0.717, 1.165) is 0 Å². The molecule has 0 heterocycles. The Morgan fingerprint density at radius 2 is 2.00 bits per heavy atom. The molecule has 8 heteroatoms. The highest BCUT2D eigenvalue weighted by atomic mass is 16.6. The molecule has 8 nitrogen and oxygen atoms in total. The molecular weight excluding hydrogens is 324 g/mol. The molecule has 2 aromatic rings. The van der Waals surface area contributed by atoms with Gasteiger partial charge in [0.2, 0.25) is 0 Å². The minimum Gasteiger partial charge on any atom is -0.484 e. The normalized spacial score (nSPS) is 9.72. The molecule has 0 atom stereocenters. The smallest absolute Gasteiger partial charge is 0.292 e. The molecule has 0 fully saturated rings. The van der Waals surface area contributed by atoms with Crippen LogP contribution in [0.3, 0.4) is 0 Å². The Bertz CT molecular complexity index is 801. The van der Waals surface area contributed by atoms with E-state index in [1.165, 1.54) is 6.07 Å². The molecule has 128 valence electrons. The van der Waals surface area contributed by atoms with E-state index in [0.29, 0.717) is 23.5 Å². The van der Waals surface area contributed by atoms with E-state index in [1.807, 2.05) is 6.07 Å². The van der Waals surface area contributed by atoms with E-state index >= 15 is 0 Å². The molecule has 0 bridgehead atoms. The van der Waals surface area contributed by atoms with Gasteiger partial charge < -0.3 is 15.4 Å². The van der Waals surface area contributed by atoms with Crippen LogP contribution in [0.15, 0.2) is 48.5 Å². The standard InChI is InChI=1S/C17H16N4O4/c18-11-13-4-3-5-14(10-13)25-12-17(22)20-9-8-19-15-6-1-2-7-16(15)21(23)24/h1-7,10,19H,8-9,12H2,(H,20,22). The quantitative estimate of drug-likeness (QED) is 0.431. The molecule has 1 amide bonds. The number of carbonyl (C=O) groups excluding carboxylic acids is 1. The summed E-state index contributed by atoms with van der Waals surface area (Å²) in [4.78, 5) is 22.1. The Labute approximate surface area is 144 Å². The van der Waals surface area contributed by atoms with Gasteiger partial charge >= 0.3 is 0 Å². The van der Waals surface area contributed by atoms with Gasteiger partial charge in [-0.15, -0.1) is 0 Å². The summed E-state index contributed by atoms with van der Waals surface area (Å²) in [5, 5.41) is 25.2. The average Bonchev–Trinajstić information content (AvgIpc) is 2.64. The van der Waals surface area contributed by atoms with Gasteiger partial charge in [0.1, 0.15) is 11.4 Å². The third-order valence-electron chi connectivity index (χ3n) is 3.20. The maximum absolute atomic E-state index is 11.7. The molecule has 2 N–H and O–H groups in total. The number of nitro groups is 1. The van der Waals surface area contributed by atoms with Gasteiger partial charge in [0.15, 0.2) is 6.61 Å². The molecule has 0 aromatic heterocycles. The number of nitriles is 1. The number of benzene rings is 2. The molecule has 0 aliphatic rings. The van der Waals surface area contributed by atoms with Gasteiger partial charge in [0.25, 0.3) is 11.6 Å². The molecule has 25 heavy (non-hydrogen) atoms. The van der Waals surface area contributed by atoms with Gasteiger partial charge in [-0.2, -0.15) is 5.26 Å². The van der Waals surface area contributed by atoms with Crippen LogP contribution in [0.5, 0.6) is 5.75 Å². The number of para-hydroxylation sites is 2. The number of nitrogens with zero attached hydrogens (tertiary/aromatic N) is 2. The first kappa shape index (κ1) is 17.7. The molecule has 0 saturated heterocycles. The molecule has 0 unspecified atom stereocenters. The molecule has 0 spiro atoms. The van der Waals surface area contributed by atoms with Crippen molar-refractivity contribution in [1.29, 1.82) is 5.26 Å². The summed E-state index contributed by atoms with van der Waals surface area (Å²) in [6.45, 7) is 0.438. The monoisotopic (exact) mass is 340 g/mol. The maximum Gasteiger partial charge on any atom is 0.292 e. The fourth-order valence-corrected chi connectivity index (χ4v) is 2.04. The van der Waals surface area contributed by atoms with Crippen LogP contribution in [-0.4, -0.2) is 30.5 Å². The summed E-state index contributed by atoms with van der Waals surface area (Å²) in [6.07, 6.45) is 0. The van der Waals surface area contributed by atoms with Crippen LogP contribution in [-0.2, 0) is 4.79 Å². The van der Waals surface area contributed by atoms with Crippen molar-refractivity contribution in [2.45, 2.75) is 0 Å². The van der Waals surface area contributed by atoms with E-state index in [2.05, 4.69) is 10.6 Å². The molecule has 0 radical (unpaired) electrons. The number of hydrogen-bond donors (Lipinski definition) is 2. The lowest BCUT2D eigenvalue weighted by atomic mass is 10.2. The van der Waals surface area contributed by atoms with Crippen LogP contribution in [0.25, 0.3) is 0 Å². The first-order chi connectivity index (χ1) is 12.1. The molecule has 2 aromatic carbocycles. The minimum absolute atomic E-state index is 0.0189. The minimum atomic E-state index is -0.468. The van der Waals surface area contributed by atoms with E-state index in [-0.39, 0.29) is 24.7 Å². The second-order valence-corrected chi connectivity index (χ2v) is 4.98. The summed E-state index contributed by atoms with van der Waals surface area (Å²) in [7, 11) is 0. The number of nitrogens with one attached hydrogen (secondary N) is 2. The highest BCUT2D eigenvalue weighted by Crippen LogP contribution is 2.22. The van der Waals surface area contributed by atoms with Crippen molar-refractivity contribution < 1.29 is 14.5 Å². The SMILES string of the molecule is N#Cc1cccc(OCC(=O)NCCNc2ccccc2[N+](=O)[O-])c1. The maximum atomic E-state index is 11.7. The third kappa shape index (κ3) is 5.51. The van der Waals surface area contributed by atoms with Crippen molar-refractivity contribution in [1.82, 2.24) is 5.32 Å². The summed E-state index contributed by atoms with van der Waals surface area (Å²) in [6, 6.07) is 14.8. The topological polar surface area (TPSA) is 117 Å². The van der Waals surface area contributed by atoms with Crippen LogP contribution in [0, 0.1) is 21.4 Å². The van der Waals surface area contributed by atoms with Crippen molar-refractivity contribution in [2.24, 2.45) is 0 Å². The zero-order chi connectivity index (χ0) is 18.1. The van der Waals surface area contributed by atoms with E-state index in [9.17, 15) is 14.9 Å². The summed E-state index contributed by atoms with van der Waals surface area (Å²) >= 11 is 0. The molecule has 0 saturated carbocycles. The van der Waals surface area contributed by atoms with Crippen molar-refractivity contribution >= 4 is 17.3 Å². The van der Waals surface area contributed by atoms with Crippen LogP contribution in [0.2, 0.25) is 0 Å². The van der Waals surface area contributed by atoms with Gasteiger partial charge in [-0.05, 0) is 24.3 Å². The van der Waals surface area contributed by atoms with Gasteiger partial charge in [-0.3, -0.25) is 14.9 Å². The molecule has 0 aliphatic heterocycles. The fraction of sp³-hybridized carbons (Fsp3) is 0.176. The lowest BCUT2D eigenvalue weighted by Crippen LogP contribution is -2.32. The number of nitro benzene ring substituents is 1. The number of hydrogen-bond acceptors (Lipinski definition) is 6. The van der Waals surface area contributed by atoms with E-state index in [1.54, 1.807) is 42.5 Å². The Morgan fingerprint density at radius 3 is 2.76 bits per heavy atom. The largest absolute Gasteiger partial charge is 0.484 e. The Kier molecular flexibility index (Phi) is 6.31. The lowest BCUT2D eigenvalue weighted by Gasteiger charge is -2.09. The predicted octanol–water partition coefficient (Wildman–Crippen LogP) is 2.07. The van der Waals surface area contributed by atoms with Crippen LogP contribution >= 0.6 is 0 Å². The first-order valence-electron chi connectivity index (χ1n) is 7.47. The zero-order valence-electron chi connectivity index (χ0n) is 13.3. The highest BCUT2D eigenvalue weighted by Gasteiger charge is 2.11. The van der Waals surface area contributed by atoms with Gasteiger partial charge in [-0.25, -0.2) is 0 Å². The number of rotatable bonds is 8. The summed E-state index contributed by atoms with van der Waals surface area (Å²) < 4.78 is 5.30. The Balaban J connectivity index is 1.72. The number of carbonyl (C=O) groups is 1. The lowest BCUT2D eigenvalue weighted by molar-refractivity contribution is -0.384. The predicted molar refractivity (Wildman–Crippen MR) is 91.2 cm³/mol.